The van der Waals surface area contributed by atoms with Crippen molar-refractivity contribution in [1.82, 2.24) is 14.8 Å². The summed E-state index contributed by atoms with van der Waals surface area (Å²) in [5.41, 5.74) is -0.148. The lowest BCUT2D eigenvalue weighted by Gasteiger charge is -2.44. The van der Waals surface area contributed by atoms with Gasteiger partial charge in [-0.2, -0.15) is 13.2 Å². The molecule has 3 aliphatic heterocycles. The summed E-state index contributed by atoms with van der Waals surface area (Å²) in [6.45, 7) is 3.42. The molecule has 1 amide bonds. The predicted molar refractivity (Wildman–Crippen MR) is 124 cm³/mol. The molecule has 196 valence electrons. The molecule has 0 aromatic carbocycles. The molecule has 36 heavy (non-hydrogen) atoms. The van der Waals surface area contributed by atoms with Gasteiger partial charge in [-0.1, -0.05) is 0 Å². The van der Waals surface area contributed by atoms with Gasteiger partial charge >= 0.3 is 12.1 Å². The lowest BCUT2D eigenvalue weighted by molar-refractivity contribution is -0.152. The maximum atomic E-state index is 13.7. The quantitative estimate of drug-likeness (QED) is 0.582. The zero-order valence-corrected chi connectivity index (χ0v) is 20.7. The van der Waals surface area contributed by atoms with E-state index in [4.69, 9.17) is 9.47 Å². The Morgan fingerprint density at radius 2 is 1.86 bits per heavy atom. The van der Waals surface area contributed by atoms with Gasteiger partial charge in [0.1, 0.15) is 5.60 Å². The molecule has 4 aliphatic rings. The van der Waals surface area contributed by atoms with Crippen LogP contribution in [-0.2, 0) is 38.2 Å². The Labute approximate surface area is 208 Å². The number of pyridine rings is 1. The van der Waals surface area contributed by atoms with E-state index in [1.807, 2.05) is 0 Å². The van der Waals surface area contributed by atoms with Gasteiger partial charge in [-0.25, -0.2) is 4.79 Å². The molecular weight excluding hydrogens is 475 g/mol. The monoisotopic (exact) mass is 507 g/mol. The first-order valence-electron chi connectivity index (χ1n) is 12.7. The highest BCUT2D eigenvalue weighted by atomic mass is 19.4. The molecule has 1 aromatic heterocycles. The van der Waals surface area contributed by atoms with Crippen LogP contribution in [0, 0.1) is 0 Å². The Balaban J connectivity index is 1.31. The second-order valence-corrected chi connectivity index (χ2v) is 10.4. The van der Waals surface area contributed by atoms with E-state index < -0.39 is 23.3 Å². The van der Waals surface area contributed by atoms with Crippen LogP contribution in [0.3, 0.4) is 0 Å². The Morgan fingerprint density at radius 1 is 1.17 bits per heavy atom. The summed E-state index contributed by atoms with van der Waals surface area (Å²) in [5.74, 6) is -0.804. The molecule has 1 saturated carbocycles. The van der Waals surface area contributed by atoms with E-state index in [-0.39, 0.29) is 12.5 Å². The van der Waals surface area contributed by atoms with E-state index in [1.54, 1.807) is 14.0 Å². The lowest BCUT2D eigenvalue weighted by atomic mass is 9.81. The molecule has 1 spiro atoms. The van der Waals surface area contributed by atoms with Crippen molar-refractivity contribution in [2.24, 2.45) is 0 Å². The van der Waals surface area contributed by atoms with Gasteiger partial charge in [-0.3, -0.25) is 9.78 Å². The smallest absolute Gasteiger partial charge is 0.417 e. The summed E-state index contributed by atoms with van der Waals surface area (Å²) in [4.78, 5) is 34.3. The fraction of sp³-hybridized carbons (Fsp3) is 0.654. The van der Waals surface area contributed by atoms with Crippen molar-refractivity contribution >= 4 is 11.9 Å². The van der Waals surface area contributed by atoms with Crippen LogP contribution >= 0.6 is 0 Å². The number of piperidine rings is 1. The second-order valence-electron chi connectivity index (χ2n) is 10.4. The predicted octanol–water partition coefficient (Wildman–Crippen LogP) is 3.65. The molecule has 10 heteroatoms. The van der Waals surface area contributed by atoms with Gasteiger partial charge in [0.25, 0.3) is 5.91 Å². The lowest BCUT2D eigenvalue weighted by Crippen LogP contribution is -2.52. The number of rotatable bonds is 3. The largest absolute Gasteiger partial charge is 0.450 e. The number of carbonyl (C=O) groups is 2. The van der Waals surface area contributed by atoms with Crippen molar-refractivity contribution in [3.05, 3.63) is 40.2 Å². The van der Waals surface area contributed by atoms with Gasteiger partial charge in [0.15, 0.2) is 0 Å². The fourth-order valence-electron chi connectivity index (χ4n) is 6.27. The number of ether oxygens (including phenoxy) is 2. The number of halogens is 3. The molecule has 0 bridgehead atoms. The van der Waals surface area contributed by atoms with Crippen molar-refractivity contribution < 1.29 is 32.2 Å². The molecule has 5 rings (SSSR count). The highest BCUT2D eigenvalue weighted by molar-refractivity contribution is 6.07. The van der Waals surface area contributed by atoms with E-state index in [2.05, 4.69) is 9.88 Å². The number of likely N-dealkylation sites (tertiary alicyclic amines) is 1. The Morgan fingerprint density at radius 3 is 2.50 bits per heavy atom. The minimum absolute atomic E-state index is 0.0288. The summed E-state index contributed by atoms with van der Waals surface area (Å²) in [6.07, 6.45) is 2.28. The van der Waals surface area contributed by atoms with Gasteiger partial charge in [0.05, 0.1) is 17.2 Å². The van der Waals surface area contributed by atoms with E-state index in [0.717, 1.165) is 51.0 Å². The number of carbonyl (C=O) groups excluding carboxylic acids is 2. The van der Waals surface area contributed by atoms with E-state index >= 15 is 0 Å². The van der Waals surface area contributed by atoms with Crippen LogP contribution in [-0.4, -0.2) is 71.2 Å². The molecule has 0 atom stereocenters. The van der Waals surface area contributed by atoms with Crippen LogP contribution in [0.4, 0.5) is 13.2 Å². The summed E-state index contributed by atoms with van der Waals surface area (Å²) >= 11 is 0. The molecule has 1 aromatic rings. The Bertz CT molecular complexity index is 1070. The fourth-order valence-corrected chi connectivity index (χ4v) is 6.27. The Hall–Kier alpha value is -2.46. The van der Waals surface area contributed by atoms with Gasteiger partial charge < -0.3 is 19.3 Å². The molecule has 0 N–H and O–H groups in total. The van der Waals surface area contributed by atoms with Crippen LogP contribution in [0.15, 0.2) is 23.4 Å². The van der Waals surface area contributed by atoms with E-state index in [0.29, 0.717) is 60.4 Å². The minimum atomic E-state index is -4.50. The standard InChI is InChI=1S/C26H32F3N3O4/c1-16-22(23(33)32-10-7-21-17(15-32)13-18(14-30-21)26(27,28)29)25(36-24(16)34)8-11-31(12-9-25)19-3-5-20(35-2)6-4-19/h13-14,19-20H,3-12,15H2,1-2H3/t19-,20-. The number of fused-ring (bicyclic) bond motifs is 1. The maximum Gasteiger partial charge on any atom is 0.417 e. The molecule has 2 fully saturated rings. The van der Waals surface area contributed by atoms with E-state index in [9.17, 15) is 22.8 Å². The zero-order valence-electron chi connectivity index (χ0n) is 20.7. The van der Waals surface area contributed by atoms with Crippen LogP contribution in [0.25, 0.3) is 0 Å². The number of aromatic nitrogens is 1. The molecule has 0 unspecified atom stereocenters. The van der Waals surface area contributed by atoms with Gasteiger partial charge in [-0.15, -0.1) is 0 Å². The molecule has 4 heterocycles. The number of amides is 1. The minimum Gasteiger partial charge on any atom is -0.450 e. The number of hydrogen-bond acceptors (Lipinski definition) is 6. The summed E-state index contributed by atoms with van der Waals surface area (Å²) < 4.78 is 51.0. The van der Waals surface area contributed by atoms with Crippen LogP contribution in [0.2, 0.25) is 0 Å². The van der Waals surface area contributed by atoms with Crippen LogP contribution in [0.1, 0.15) is 62.3 Å². The Kier molecular flexibility index (Phi) is 6.61. The topological polar surface area (TPSA) is 72.0 Å². The summed E-state index contributed by atoms with van der Waals surface area (Å²) in [7, 11) is 1.75. The van der Waals surface area contributed by atoms with Gasteiger partial charge in [-0.05, 0) is 44.2 Å². The summed E-state index contributed by atoms with van der Waals surface area (Å²) in [5, 5.41) is 0. The van der Waals surface area contributed by atoms with Crippen LogP contribution in [0.5, 0.6) is 0 Å². The molecule has 1 saturated heterocycles. The van der Waals surface area contributed by atoms with Crippen molar-refractivity contribution in [1.29, 1.82) is 0 Å². The molecule has 7 nitrogen and oxygen atoms in total. The second kappa shape index (κ2) is 9.45. The van der Waals surface area contributed by atoms with Gasteiger partial charge in [0, 0.05) is 76.1 Å². The highest BCUT2D eigenvalue weighted by Gasteiger charge is 2.52. The number of nitrogens with zero attached hydrogens (tertiary/aromatic N) is 3. The third kappa shape index (κ3) is 4.53. The number of hydrogen-bond donors (Lipinski definition) is 0. The zero-order chi connectivity index (χ0) is 25.7. The van der Waals surface area contributed by atoms with Crippen molar-refractivity contribution in [3.63, 3.8) is 0 Å². The molecule has 0 radical (unpaired) electrons. The van der Waals surface area contributed by atoms with E-state index in [1.165, 1.54) is 4.90 Å². The molecule has 1 aliphatic carbocycles. The molecular formula is C26H32F3N3O4. The third-order valence-corrected chi connectivity index (χ3v) is 8.39. The average Bonchev–Trinajstić information content (AvgIpc) is 3.11. The third-order valence-electron chi connectivity index (χ3n) is 8.39. The highest BCUT2D eigenvalue weighted by Crippen LogP contribution is 2.43. The van der Waals surface area contributed by atoms with Crippen molar-refractivity contribution in [2.75, 3.05) is 26.7 Å². The number of alkyl halides is 3. The maximum absolute atomic E-state index is 13.7. The SMILES string of the molecule is CO[C@H]1CC[C@H](N2CCC3(CC2)OC(=O)C(C)=C3C(=O)N2CCc3ncc(C(F)(F)F)cc3C2)CC1. The van der Waals surface area contributed by atoms with Crippen molar-refractivity contribution in [2.45, 2.75) is 82.3 Å². The number of methoxy groups -OCH3 is 1. The normalized spacial score (nSPS) is 26.8. The average molecular weight is 508 g/mol. The van der Waals surface area contributed by atoms with Crippen molar-refractivity contribution in [3.8, 4) is 0 Å². The first-order valence-corrected chi connectivity index (χ1v) is 12.7. The number of esters is 1. The first-order chi connectivity index (χ1) is 17.1. The first kappa shape index (κ1) is 25.2. The van der Waals surface area contributed by atoms with Crippen LogP contribution < -0.4 is 0 Å². The summed E-state index contributed by atoms with van der Waals surface area (Å²) in [6, 6.07) is 1.54. The van der Waals surface area contributed by atoms with Gasteiger partial charge in [0.2, 0.25) is 0 Å².